The monoisotopic (exact) mass is 290 g/mol. The van der Waals surface area contributed by atoms with Crippen molar-refractivity contribution in [3.63, 3.8) is 0 Å². The SMILES string of the molecule is Cc1ccc(C(C)CCN2CCNC(=O)C23CCCC3)o1. The highest BCUT2D eigenvalue weighted by molar-refractivity contribution is 5.87. The Morgan fingerprint density at radius 1 is 1.38 bits per heavy atom. The Kier molecular flexibility index (Phi) is 4.07. The number of carbonyl (C=O) groups excluding carboxylic acids is 1. The Bertz CT molecular complexity index is 503. The average molecular weight is 290 g/mol. The van der Waals surface area contributed by atoms with Crippen LogP contribution in [0.25, 0.3) is 0 Å². The largest absolute Gasteiger partial charge is 0.466 e. The van der Waals surface area contributed by atoms with Gasteiger partial charge in [-0.2, -0.15) is 0 Å². The zero-order chi connectivity index (χ0) is 14.9. The van der Waals surface area contributed by atoms with E-state index in [4.69, 9.17) is 4.42 Å². The fraction of sp³-hybridized carbons (Fsp3) is 0.706. The molecule has 4 nitrogen and oxygen atoms in total. The second-order valence-corrected chi connectivity index (χ2v) is 6.62. The lowest BCUT2D eigenvalue weighted by molar-refractivity contribution is -0.137. The molecule has 1 aromatic rings. The summed E-state index contributed by atoms with van der Waals surface area (Å²) in [6.45, 7) is 6.95. The molecule has 1 saturated heterocycles. The normalized spacial score (nSPS) is 23.4. The Hall–Kier alpha value is -1.29. The summed E-state index contributed by atoms with van der Waals surface area (Å²) in [7, 11) is 0. The molecule has 1 atom stereocenters. The lowest BCUT2D eigenvalue weighted by Crippen LogP contribution is -2.63. The molecule has 1 spiro atoms. The van der Waals surface area contributed by atoms with E-state index >= 15 is 0 Å². The van der Waals surface area contributed by atoms with Crippen molar-refractivity contribution in [3.8, 4) is 0 Å². The molecule has 2 heterocycles. The summed E-state index contributed by atoms with van der Waals surface area (Å²) in [4.78, 5) is 14.8. The van der Waals surface area contributed by atoms with Crippen LogP contribution in [0.5, 0.6) is 0 Å². The van der Waals surface area contributed by atoms with Gasteiger partial charge in [0, 0.05) is 19.0 Å². The van der Waals surface area contributed by atoms with Gasteiger partial charge in [-0.15, -0.1) is 0 Å². The summed E-state index contributed by atoms with van der Waals surface area (Å²) in [5, 5.41) is 3.07. The number of hydrogen-bond donors (Lipinski definition) is 1. The molecule has 0 aromatic carbocycles. The summed E-state index contributed by atoms with van der Waals surface area (Å²) in [6, 6.07) is 4.10. The highest BCUT2D eigenvalue weighted by atomic mass is 16.3. The van der Waals surface area contributed by atoms with Crippen molar-refractivity contribution in [2.75, 3.05) is 19.6 Å². The number of rotatable bonds is 4. The predicted octanol–water partition coefficient (Wildman–Crippen LogP) is 2.83. The van der Waals surface area contributed by atoms with Crippen molar-refractivity contribution in [1.29, 1.82) is 0 Å². The first-order valence-corrected chi connectivity index (χ1v) is 8.21. The second-order valence-electron chi connectivity index (χ2n) is 6.62. The third-order valence-corrected chi connectivity index (χ3v) is 5.20. The molecule has 1 aliphatic carbocycles. The van der Waals surface area contributed by atoms with Gasteiger partial charge in [0.25, 0.3) is 0 Å². The van der Waals surface area contributed by atoms with Gasteiger partial charge in [0.1, 0.15) is 17.1 Å². The molecule has 1 saturated carbocycles. The minimum atomic E-state index is -0.211. The van der Waals surface area contributed by atoms with Crippen LogP contribution in [0.4, 0.5) is 0 Å². The quantitative estimate of drug-likeness (QED) is 0.927. The molecule has 2 aliphatic rings. The van der Waals surface area contributed by atoms with Crippen molar-refractivity contribution < 1.29 is 9.21 Å². The number of piperazine rings is 1. The van der Waals surface area contributed by atoms with E-state index in [0.717, 1.165) is 50.4 Å². The van der Waals surface area contributed by atoms with Crippen molar-refractivity contribution >= 4 is 5.91 Å². The first kappa shape index (κ1) is 14.6. The lowest BCUT2D eigenvalue weighted by atomic mass is 9.90. The third kappa shape index (κ3) is 2.73. The van der Waals surface area contributed by atoms with Crippen LogP contribution in [0.2, 0.25) is 0 Å². The van der Waals surface area contributed by atoms with Crippen molar-refractivity contribution in [1.82, 2.24) is 10.2 Å². The van der Waals surface area contributed by atoms with Gasteiger partial charge >= 0.3 is 0 Å². The highest BCUT2D eigenvalue weighted by Crippen LogP contribution is 2.37. The maximum atomic E-state index is 12.4. The van der Waals surface area contributed by atoms with E-state index in [1.165, 1.54) is 12.8 Å². The van der Waals surface area contributed by atoms with Gasteiger partial charge in [-0.05, 0) is 44.9 Å². The Morgan fingerprint density at radius 3 is 2.81 bits per heavy atom. The Labute approximate surface area is 126 Å². The summed E-state index contributed by atoms with van der Waals surface area (Å²) in [6.07, 6.45) is 5.44. The number of hydrogen-bond acceptors (Lipinski definition) is 3. The van der Waals surface area contributed by atoms with Gasteiger partial charge in [-0.3, -0.25) is 9.69 Å². The van der Waals surface area contributed by atoms with Crippen LogP contribution in [-0.4, -0.2) is 36.0 Å². The molecule has 1 amide bonds. The van der Waals surface area contributed by atoms with E-state index in [2.05, 4.69) is 23.2 Å². The lowest BCUT2D eigenvalue weighted by Gasteiger charge is -2.44. The van der Waals surface area contributed by atoms with Gasteiger partial charge in [0.2, 0.25) is 5.91 Å². The predicted molar refractivity (Wildman–Crippen MR) is 82.3 cm³/mol. The number of amides is 1. The first-order valence-electron chi connectivity index (χ1n) is 8.21. The molecule has 116 valence electrons. The fourth-order valence-corrected chi connectivity index (χ4v) is 3.87. The van der Waals surface area contributed by atoms with Gasteiger partial charge in [0.15, 0.2) is 0 Å². The van der Waals surface area contributed by atoms with Crippen molar-refractivity contribution in [2.24, 2.45) is 0 Å². The first-order chi connectivity index (χ1) is 10.1. The topological polar surface area (TPSA) is 45.5 Å². The van der Waals surface area contributed by atoms with Crippen LogP contribution in [-0.2, 0) is 4.79 Å². The zero-order valence-electron chi connectivity index (χ0n) is 13.2. The molecule has 4 heteroatoms. The van der Waals surface area contributed by atoms with Crippen LogP contribution in [0, 0.1) is 6.92 Å². The van der Waals surface area contributed by atoms with E-state index in [0.29, 0.717) is 5.92 Å². The van der Waals surface area contributed by atoms with Gasteiger partial charge < -0.3 is 9.73 Å². The summed E-state index contributed by atoms with van der Waals surface area (Å²) in [5.74, 6) is 2.70. The number of nitrogens with one attached hydrogen (secondary N) is 1. The number of aryl methyl sites for hydroxylation is 1. The fourth-order valence-electron chi connectivity index (χ4n) is 3.87. The van der Waals surface area contributed by atoms with Crippen molar-refractivity contribution in [3.05, 3.63) is 23.7 Å². The summed E-state index contributed by atoms with van der Waals surface area (Å²) in [5.41, 5.74) is -0.211. The number of nitrogens with zero attached hydrogens (tertiary/aromatic N) is 1. The molecule has 1 aliphatic heterocycles. The van der Waals surface area contributed by atoms with E-state index in [1.807, 2.05) is 13.0 Å². The highest BCUT2D eigenvalue weighted by Gasteiger charge is 2.47. The number of furan rings is 1. The number of carbonyl (C=O) groups is 1. The zero-order valence-corrected chi connectivity index (χ0v) is 13.2. The molecule has 21 heavy (non-hydrogen) atoms. The van der Waals surface area contributed by atoms with Crippen molar-refractivity contribution in [2.45, 2.75) is 57.4 Å². The van der Waals surface area contributed by atoms with E-state index in [-0.39, 0.29) is 11.4 Å². The maximum absolute atomic E-state index is 12.4. The summed E-state index contributed by atoms with van der Waals surface area (Å²) < 4.78 is 5.73. The van der Waals surface area contributed by atoms with Gasteiger partial charge in [-0.25, -0.2) is 0 Å². The molecule has 0 radical (unpaired) electrons. The molecule has 1 unspecified atom stereocenters. The second kappa shape index (κ2) is 5.84. The van der Waals surface area contributed by atoms with Crippen LogP contribution in [0.3, 0.4) is 0 Å². The Morgan fingerprint density at radius 2 is 2.14 bits per heavy atom. The standard InChI is InChI=1S/C17H26N2O2/c1-13(15-6-5-14(2)21-15)7-11-19-12-10-18-16(20)17(19)8-3-4-9-17/h5-6,13H,3-4,7-12H2,1-2H3,(H,18,20). The van der Waals surface area contributed by atoms with Crippen LogP contribution < -0.4 is 5.32 Å². The minimum Gasteiger partial charge on any atom is -0.466 e. The van der Waals surface area contributed by atoms with Gasteiger partial charge in [-0.1, -0.05) is 19.8 Å². The Balaban J connectivity index is 1.64. The van der Waals surface area contributed by atoms with Crippen LogP contribution >= 0.6 is 0 Å². The molecule has 1 N–H and O–H groups in total. The smallest absolute Gasteiger partial charge is 0.240 e. The molecule has 3 rings (SSSR count). The minimum absolute atomic E-state index is 0.211. The average Bonchev–Trinajstić information content (AvgIpc) is 3.10. The van der Waals surface area contributed by atoms with E-state index in [1.54, 1.807) is 0 Å². The maximum Gasteiger partial charge on any atom is 0.240 e. The van der Waals surface area contributed by atoms with E-state index < -0.39 is 0 Å². The molecule has 0 bridgehead atoms. The third-order valence-electron chi connectivity index (χ3n) is 5.20. The molecular formula is C17H26N2O2. The molecule has 2 fully saturated rings. The molecule has 1 aromatic heterocycles. The molecular weight excluding hydrogens is 264 g/mol. The van der Waals surface area contributed by atoms with Crippen LogP contribution in [0.1, 0.15) is 56.5 Å². The van der Waals surface area contributed by atoms with Crippen LogP contribution in [0.15, 0.2) is 16.5 Å². The van der Waals surface area contributed by atoms with E-state index in [9.17, 15) is 4.79 Å². The summed E-state index contributed by atoms with van der Waals surface area (Å²) >= 11 is 0. The van der Waals surface area contributed by atoms with Gasteiger partial charge in [0.05, 0.1) is 0 Å².